The quantitative estimate of drug-likeness (QED) is 0.507. The van der Waals surface area contributed by atoms with Crippen molar-refractivity contribution in [2.75, 3.05) is 17.2 Å². The Morgan fingerprint density at radius 1 is 0.893 bits per heavy atom. The molecule has 3 aromatic rings. The first-order valence-corrected chi connectivity index (χ1v) is 8.78. The number of carbonyl (C=O) groups is 3. The first-order valence-electron chi connectivity index (χ1n) is 8.78. The molecule has 1 aromatic heterocycles. The van der Waals surface area contributed by atoms with Gasteiger partial charge in [0.25, 0.3) is 0 Å². The van der Waals surface area contributed by atoms with Gasteiger partial charge in [-0.3, -0.25) is 14.6 Å². The molecular formula is C21H19N3O4. The molecule has 0 fully saturated rings. The number of nitrogens with one attached hydrogen (secondary N) is 2. The summed E-state index contributed by atoms with van der Waals surface area (Å²) >= 11 is 0. The van der Waals surface area contributed by atoms with Gasteiger partial charge in [0.1, 0.15) is 6.42 Å². The van der Waals surface area contributed by atoms with E-state index in [2.05, 4.69) is 15.6 Å². The van der Waals surface area contributed by atoms with Gasteiger partial charge in [-0.1, -0.05) is 30.3 Å². The SMILES string of the molecule is CCOC(=O)c1ccccc1NC(=O)CC(=O)Nc1cccc2cccnc12. The number of rotatable bonds is 6. The number of amides is 2. The summed E-state index contributed by atoms with van der Waals surface area (Å²) in [6, 6.07) is 15.6. The second kappa shape index (κ2) is 8.77. The second-order valence-corrected chi connectivity index (χ2v) is 5.92. The summed E-state index contributed by atoms with van der Waals surface area (Å²) in [6.07, 6.45) is 1.23. The van der Waals surface area contributed by atoms with E-state index in [0.717, 1.165) is 5.39 Å². The van der Waals surface area contributed by atoms with Crippen molar-refractivity contribution in [3.05, 3.63) is 66.4 Å². The number of nitrogens with zero attached hydrogens (tertiary/aromatic N) is 1. The van der Waals surface area contributed by atoms with E-state index in [4.69, 9.17) is 4.74 Å². The summed E-state index contributed by atoms with van der Waals surface area (Å²) in [4.78, 5) is 40.8. The van der Waals surface area contributed by atoms with Gasteiger partial charge in [-0.2, -0.15) is 0 Å². The molecule has 0 saturated carbocycles. The minimum atomic E-state index is -0.539. The van der Waals surface area contributed by atoms with Gasteiger partial charge in [0.2, 0.25) is 11.8 Å². The fourth-order valence-electron chi connectivity index (χ4n) is 2.72. The summed E-state index contributed by atoms with van der Waals surface area (Å²) in [5, 5.41) is 6.18. The molecular weight excluding hydrogens is 358 g/mol. The molecule has 0 aliphatic heterocycles. The molecule has 0 atom stereocenters. The molecule has 7 heteroatoms. The molecule has 3 rings (SSSR count). The molecule has 2 amide bonds. The number of hydrogen-bond donors (Lipinski definition) is 2. The van der Waals surface area contributed by atoms with Crippen molar-refractivity contribution in [2.45, 2.75) is 13.3 Å². The number of aromatic nitrogens is 1. The standard InChI is InChI=1S/C21H19N3O4/c1-2-28-21(27)15-9-3-4-10-16(15)23-18(25)13-19(26)24-17-11-5-7-14-8-6-12-22-20(14)17/h3-12H,2,13H2,1H3,(H,23,25)(H,24,26). The van der Waals surface area contributed by atoms with Crippen molar-refractivity contribution in [3.63, 3.8) is 0 Å². The van der Waals surface area contributed by atoms with E-state index >= 15 is 0 Å². The maximum atomic E-state index is 12.3. The van der Waals surface area contributed by atoms with E-state index < -0.39 is 24.2 Å². The Labute approximate surface area is 161 Å². The summed E-state index contributed by atoms with van der Waals surface area (Å²) in [7, 11) is 0. The molecule has 0 radical (unpaired) electrons. The van der Waals surface area contributed by atoms with Crippen LogP contribution in [0.1, 0.15) is 23.7 Å². The molecule has 142 valence electrons. The van der Waals surface area contributed by atoms with Crippen LogP contribution in [0.3, 0.4) is 0 Å². The maximum Gasteiger partial charge on any atom is 0.340 e. The van der Waals surface area contributed by atoms with Gasteiger partial charge in [0.15, 0.2) is 0 Å². The number of benzene rings is 2. The van der Waals surface area contributed by atoms with Crippen LogP contribution in [0.5, 0.6) is 0 Å². The van der Waals surface area contributed by atoms with Crippen molar-refractivity contribution in [1.29, 1.82) is 0 Å². The van der Waals surface area contributed by atoms with E-state index in [0.29, 0.717) is 16.9 Å². The van der Waals surface area contributed by atoms with Crippen LogP contribution in [0.4, 0.5) is 11.4 Å². The lowest BCUT2D eigenvalue weighted by Gasteiger charge is -2.11. The van der Waals surface area contributed by atoms with Crippen molar-refractivity contribution in [3.8, 4) is 0 Å². The Hall–Kier alpha value is -3.74. The van der Waals surface area contributed by atoms with Crippen LogP contribution >= 0.6 is 0 Å². The molecule has 2 aromatic carbocycles. The molecule has 0 aliphatic rings. The fourth-order valence-corrected chi connectivity index (χ4v) is 2.72. The number of pyridine rings is 1. The highest BCUT2D eigenvalue weighted by Gasteiger charge is 2.16. The Morgan fingerprint density at radius 2 is 1.57 bits per heavy atom. The number of carbonyl (C=O) groups excluding carboxylic acids is 3. The minimum absolute atomic E-state index is 0.225. The maximum absolute atomic E-state index is 12.3. The topological polar surface area (TPSA) is 97.4 Å². The zero-order valence-corrected chi connectivity index (χ0v) is 15.3. The van der Waals surface area contributed by atoms with Crippen LogP contribution in [0.2, 0.25) is 0 Å². The van der Waals surface area contributed by atoms with E-state index in [-0.39, 0.29) is 12.2 Å². The minimum Gasteiger partial charge on any atom is -0.462 e. The third-order valence-electron chi connectivity index (χ3n) is 3.92. The number of fused-ring (bicyclic) bond motifs is 1. The fraction of sp³-hybridized carbons (Fsp3) is 0.143. The van der Waals surface area contributed by atoms with E-state index in [9.17, 15) is 14.4 Å². The normalized spacial score (nSPS) is 10.3. The number of anilines is 2. The molecule has 0 unspecified atom stereocenters. The number of para-hydroxylation sites is 2. The highest BCUT2D eigenvalue weighted by Crippen LogP contribution is 2.21. The molecule has 2 N–H and O–H groups in total. The zero-order chi connectivity index (χ0) is 19.9. The van der Waals surface area contributed by atoms with Gasteiger partial charge >= 0.3 is 5.97 Å². The van der Waals surface area contributed by atoms with Gasteiger partial charge in [0, 0.05) is 11.6 Å². The first kappa shape index (κ1) is 19.0. The van der Waals surface area contributed by atoms with Gasteiger partial charge < -0.3 is 15.4 Å². The summed E-state index contributed by atoms with van der Waals surface area (Å²) in [5.74, 6) is -1.56. The molecule has 1 heterocycles. The average molecular weight is 377 g/mol. The molecule has 28 heavy (non-hydrogen) atoms. The van der Waals surface area contributed by atoms with Crippen molar-refractivity contribution < 1.29 is 19.1 Å². The lowest BCUT2D eigenvalue weighted by molar-refractivity contribution is -0.123. The summed E-state index contributed by atoms with van der Waals surface area (Å²) in [5.41, 5.74) is 1.70. The van der Waals surface area contributed by atoms with E-state index in [1.165, 1.54) is 0 Å². The predicted molar refractivity (Wildman–Crippen MR) is 106 cm³/mol. The lowest BCUT2D eigenvalue weighted by atomic mass is 10.1. The first-order chi connectivity index (χ1) is 13.6. The van der Waals surface area contributed by atoms with Crippen molar-refractivity contribution >= 4 is 40.1 Å². The Morgan fingerprint density at radius 3 is 2.36 bits per heavy atom. The second-order valence-electron chi connectivity index (χ2n) is 5.92. The largest absolute Gasteiger partial charge is 0.462 e. The van der Waals surface area contributed by atoms with E-state index in [1.807, 2.05) is 18.2 Å². The van der Waals surface area contributed by atoms with Crippen LogP contribution < -0.4 is 10.6 Å². The number of hydrogen-bond acceptors (Lipinski definition) is 5. The predicted octanol–water partition coefficient (Wildman–Crippen LogP) is 3.38. The van der Waals surface area contributed by atoms with Crippen LogP contribution in [0, 0.1) is 0 Å². The third-order valence-corrected chi connectivity index (χ3v) is 3.92. The van der Waals surface area contributed by atoms with Crippen molar-refractivity contribution in [2.24, 2.45) is 0 Å². The highest BCUT2D eigenvalue weighted by atomic mass is 16.5. The van der Waals surface area contributed by atoms with Crippen LogP contribution in [-0.4, -0.2) is 29.4 Å². The monoisotopic (exact) mass is 377 g/mol. The highest BCUT2D eigenvalue weighted by molar-refractivity contribution is 6.11. The van der Waals surface area contributed by atoms with Crippen LogP contribution in [0.25, 0.3) is 10.9 Å². The number of esters is 1. The zero-order valence-electron chi connectivity index (χ0n) is 15.3. The van der Waals surface area contributed by atoms with Crippen LogP contribution in [-0.2, 0) is 14.3 Å². The molecule has 0 spiro atoms. The van der Waals surface area contributed by atoms with Crippen molar-refractivity contribution in [1.82, 2.24) is 4.98 Å². The molecule has 7 nitrogen and oxygen atoms in total. The van der Waals surface area contributed by atoms with Gasteiger partial charge in [-0.05, 0) is 31.2 Å². The Balaban J connectivity index is 1.67. The lowest BCUT2D eigenvalue weighted by Crippen LogP contribution is -2.22. The Bertz CT molecular complexity index is 1030. The average Bonchev–Trinajstić information content (AvgIpc) is 2.68. The molecule has 0 saturated heterocycles. The summed E-state index contributed by atoms with van der Waals surface area (Å²) in [6.45, 7) is 1.92. The van der Waals surface area contributed by atoms with Gasteiger partial charge in [0.05, 0.1) is 29.1 Å². The van der Waals surface area contributed by atoms with Crippen LogP contribution in [0.15, 0.2) is 60.8 Å². The smallest absolute Gasteiger partial charge is 0.340 e. The van der Waals surface area contributed by atoms with Gasteiger partial charge in [-0.25, -0.2) is 4.79 Å². The number of ether oxygens (including phenoxy) is 1. The molecule has 0 aliphatic carbocycles. The van der Waals surface area contributed by atoms with E-state index in [1.54, 1.807) is 49.5 Å². The van der Waals surface area contributed by atoms with Gasteiger partial charge in [-0.15, -0.1) is 0 Å². The Kier molecular flexibility index (Phi) is 5.96. The molecule has 0 bridgehead atoms. The third kappa shape index (κ3) is 4.50. The summed E-state index contributed by atoms with van der Waals surface area (Å²) < 4.78 is 4.97.